The van der Waals surface area contributed by atoms with Gasteiger partial charge in [-0.15, -0.1) is 0 Å². The summed E-state index contributed by atoms with van der Waals surface area (Å²) in [7, 11) is 0. The highest BCUT2D eigenvalue weighted by molar-refractivity contribution is 5.52. The van der Waals surface area contributed by atoms with E-state index in [0.717, 1.165) is 12.0 Å². The summed E-state index contributed by atoms with van der Waals surface area (Å²) in [6, 6.07) is 0. The van der Waals surface area contributed by atoms with Gasteiger partial charge in [-0.1, -0.05) is 72.4 Å². The zero-order valence-corrected chi connectivity index (χ0v) is 12.3. The van der Waals surface area contributed by atoms with Crippen LogP contribution in [0.25, 0.3) is 0 Å². The molecule has 0 heteroatoms. The van der Waals surface area contributed by atoms with Crippen molar-refractivity contribution in [1.29, 1.82) is 0 Å². The van der Waals surface area contributed by atoms with Crippen LogP contribution in [0.4, 0.5) is 0 Å². The molecule has 0 aliphatic heterocycles. The summed E-state index contributed by atoms with van der Waals surface area (Å²) in [5.74, 6) is 0. The molecule has 0 fully saturated rings. The van der Waals surface area contributed by atoms with Crippen molar-refractivity contribution in [1.82, 2.24) is 0 Å². The first-order chi connectivity index (χ1) is 7.51. The Hall–Kier alpha value is -1.04. The van der Waals surface area contributed by atoms with Crippen LogP contribution in [0.3, 0.4) is 0 Å². The van der Waals surface area contributed by atoms with E-state index in [-0.39, 0.29) is 10.8 Å². The number of allylic oxidation sites excluding steroid dienone is 6. The Morgan fingerprint density at radius 1 is 1.18 bits per heavy atom. The van der Waals surface area contributed by atoms with E-state index in [1.807, 2.05) is 0 Å². The zero-order chi connectivity index (χ0) is 13.4. The molecule has 0 radical (unpaired) electrons. The highest BCUT2D eigenvalue weighted by atomic mass is 14.3. The molecule has 0 amide bonds. The molecule has 1 aliphatic carbocycles. The first-order valence-electron chi connectivity index (χ1n) is 6.32. The molecule has 0 atom stereocenters. The summed E-state index contributed by atoms with van der Waals surface area (Å²) < 4.78 is 0. The van der Waals surface area contributed by atoms with Gasteiger partial charge in [0, 0.05) is 0 Å². The van der Waals surface area contributed by atoms with E-state index in [2.05, 4.69) is 66.9 Å². The van der Waals surface area contributed by atoms with Gasteiger partial charge in [-0.2, -0.15) is 0 Å². The molecule has 0 unspecified atom stereocenters. The van der Waals surface area contributed by atoms with Crippen LogP contribution >= 0.6 is 0 Å². The largest absolute Gasteiger partial charge is 0.0953 e. The minimum Gasteiger partial charge on any atom is -0.0953 e. The second-order valence-corrected chi connectivity index (χ2v) is 7.07. The highest BCUT2D eigenvalue weighted by Gasteiger charge is 2.24. The first kappa shape index (κ1) is 14.0. The SMILES string of the molecule is C=C1C=C(C(C)(C)C)C/C1=C/C(=C)C(C)(C)C. The Kier molecular flexibility index (Phi) is 3.57. The summed E-state index contributed by atoms with van der Waals surface area (Å²) in [6.07, 6.45) is 5.48. The molecule has 0 N–H and O–H groups in total. The fraction of sp³-hybridized carbons (Fsp3) is 0.529. The maximum absolute atomic E-state index is 4.17. The molecule has 94 valence electrons. The Balaban J connectivity index is 2.91. The lowest BCUT2D eigenvalue weighted by Crippen LogP contribution is -2.08. The van der Waals surface area contributed by atoms with Crippen LogP contribution in [0.15, 0.2) is 47.6 Å². The maximum Gasteiger partial charge on any atom is -0.00527 e. The van der Waals surface area contributed by atoms with Crippen molar-refractivity contribution < 1.29 is 0 Å². The smallest absolute Gasteiger partial charge is 0.00527 e. The van der Waals surface area contributed by atoms with E-state index < -0.39 is 0 Å². The minimum atomic E-state index is 0.137. The van der Waals surface area contributed by atoms with Gasteiger partial charge in [-0.3, -0.25) is 0 Å². The van der Waals surface area contributed by atoms with E-state index in [4.69, 9.17) is 0 Å². The van der Waals surface area contributed by atoms with Gasteiger partial charge in [0.05, 0.1) is 0 Å². The maximum atomic E-state index is 4.17. The van der Waals surface area contributed by atoms with Crippen LogP contribution in [0.5, 0.6) is 0 Å². The molecule has 0 saturated heterocycles. The zero-order valence-electron chi connectivity index (χ0n) is 12.3. The van der Waals surface area contributed by atoms with Crippen molar-refractivity contribution in [2.45, 2.75) is 48.0 Å². The summed E-state index contributed by atoms with van der Waals surface area (Å²) >= 11 is 0. The van der Waals surface area contributed by atoms with Gasteiger partial charge in [0.1, 0.15) is 0 Å². The highest BCUT2D eigenvalue weighted by Crippen LogP contribution is 2.40. The van der Waals surface area contributed by atoms with Crippen LogP contribution in [0.2, 0.25) is 0 Å². The summed E-state index contributed by atoms with van der Waals surface area (Å²) in [5, 5.41) is 0. The van der Waals surface area contributed by atoms with Gasteiger partial charge in [0.15, 0.2) is 0 Å². The molecule has 0 aromatic carbocycles. The van der Waals surface area contributed by atoms with Crippen LogP contribution < -0.4 is 0 Å². The molecular formula is C17H26. The Labute approximate surface area is 107 Å². The lowest BCUT2D eigenvalue weighted by molar-refractivity contribution is 0.495. The molecule has 0 nitrogen and oxygen atoms in total. The number of rotatable bonds is 1. The number of hydrogen-bond acceptors (Lipinski definition) is 0. The van der Waals surface area contributed by atoms with Crippen molar-refractivity contribution in [2.75, 3.05) is 0 Å². The standard InChI is InChI=1S/C17H26/c1-12-9-15(17(6,7)8)11-14(12)10-13(2)16(3,4)5/h9-10H,1-2,11H2,3-8H3/b14-10-. The predicted octanol–water partition coefficient (Wildman–Crippen LogP) is 5.45. The third-order valence-electron chi connectivity index (χ3n) is 3.42. The summed E-state index contributed by atoms with van der Waals surface area (Å²) in [4.78, 5) is 0. The van der Waals surface area contributed by atoms with E-state index in [9.17, 15) is 0 Å². The molecule has 0 aromatic heterocycles. The minimum absolute atomic E-state index is 0.137. The average Bonchev–Trinajstić information content (AvgIpc) is 2.45. The summed E-state index contributed by atoms with van der Waals surface area (Å²) in [6.45, 7) is 21.7. The third kappa shape index (κ3) is 3.46. The van der Waals surface area contributed by atoms with Gasteiger partial charge in [-0.25, -0.2) is 0 Å². The molecule has 0 aromatic rings. The van der Waals surface area contributed by atoms with Crippen molar-refractivity contribution in [3.05, 3.63) is 47.6 Å². The molecule has 17 heavy (non-hydrogen) atoms. The van der Waals surface area contributed by atoms with Crippen molar-refractivity contribution >= 4 is 0 Å². The van der Waals surface area contributed by atoms with Crippen LogP contribution in [0, 0.1) is 10.8 Å². The average molecular weight is 230 g/mol. The lowest BCUT2D eigenvalue weighted by Gasteiger charge is -2.21. The monoisotopic (exact) mass is 230 g/mol. The normalized spacial score (nSPS) is 19.8. The first-order valence-corrected chi connectivity index (χ1v) is 6.32. The van der Waals surface area contributed by atoms with Crippen molar-refractivity contribution in [3.8, 4) is 0 Å². The van der Waals surface area contributed by atoms with Crippen LogP contribution in [0.1, 0.15) is 48.0 Å². The number of hydrogen-bond donors (Lipinski definition) is 0. The molecule has 1 rings (SSSR count). The predicted molar refractivity (Wildman–Crippen MR) is 78.0 cm³/mol. The third-order valence-corrected chi connectivity index (χ3v) is 3.42. The van der Waals surface area contributed by atoms with Crippen molar-refractivity contribution in [3.63, 3.8) is 0 Å². The van der Waals surface area contributed by atoms with Gasteiger partial charge in [0.25, 0.3) is 0 Å². The molecular weight excluding hydrogens is 204 g/mol. The molecule has 0 saturated carbocycles. The van der Waals surface area contributed by atoms with E-state index in [1.54, 1.807) is 0 Å². The fourth-order valence-corrected chi connectivity index (χ4v) is 1.72. The quantitative estimate of drug-likeness (QED) is 0.562. The van der Waals surface area contributed by atoms with Crippen LogP contribution in [-0.4, -0.2) is 0 Å². The Morgan fingerprint density at radius 3 is 2.06 bits per heavy atom. The molecule has 0 spiro atoms. The molecule has 0 heterocycles. The van der Waals surface area contributed by atoms with Gasteiger partial charge in [-0.05, 0) is 34.0 Å². The second-order valence-electron chi connectivity index (χ2n) is 7.07. The molecule has 0 bridgehead atoms. The van der Waals surface area contributed by atoms with Gasteiger partial charge >= 0.3 is 0 Å². The Bertz CT molecular complexity index is 400. The van der Waals surface area contributed by atoms with Gasteiger partial charge in [0.2, 0.25) is 0 Å². The Morgan fingerprint density at radius 2 is 1.71 bits per heavy atom. The topological polar surface area (TPSA) is 0 Å². The van der Waals surface area contributed by atoms with E-state index in [1.165, 1.54) is 16.7 Å². The van der Waals surface area contributed by atoms with Gasteiger partial charge < -0.3 is 0 Å². The van der Waals surface area contributed by atoms with E-state index in [0.29, 0.717) is 0 Å². The lowest BCUT2D eigenvalue weighted by atomic mass is 9.84. The van der Waals surface area contributed by atoms with Crippen molar-refractivity contribution in [2.24, 2.45) is 10.8 Å². The van der Waals surface area contributed by atoms with E-state index >= 15 is 0 Å². The summed E-state index contributed by atoms with van der Waals surface area (Å²) in [5.41, 5.74) is 5.50. The second kappa shape index (κ2) is 4.33. The van der Waals surface area contributed by atoms with Crippen LogP contribution in [-0.2, 0) is 0 Å². The fourth-order valence-electron chi connectivity index (χ4n) is 1.72. The molecule has 1 aliphatic rings.